The van der Waals surface area contributed by atoms with Crippen LogP contribution >= 0.6 is 11.3 Å². The van der Waals surface area contributed by atoms with Crippen molar-refractivity contribution in [1.29, 1.82) is 5.26 Å². The van der Waals surface area contributed by atoms with Crippen LogP contribution in [0, 0.1) is 25.2 Å². The van der Waals surface area contributed by atoms with E-state index in [-0.39, 0.29) is 12.3 Å². The van der Waals surface area contributed by atoms with Gasteiger partial charge in [-0.2, -0.15) is 10.4 Å². The summed E-state index contributed by atoms with van der Waals surface area (Å²) in [6.45, 7) is 3.79. The van der Waals surface area contributed by atoms with Crippen molar-refractivity contribution in [2.45, 2.75) is 58.8 Å². The fraction of sp³-hybridized carbons (Fsp3) is 0.435. The first-order valence-corrected chi connectivity index (χ1v) is 11.5. The van der Waals surface area contributed by atoms with Gasteiger partial charge < -0.3 is 10.1 Å². The largest absolute Gasteiger partial charge is 0.465 e. The molecule has 0 spiro atoms. The fourth-order valence-corrected chi connectivity index (χ4v) is 5.62. The summed E-state index contributed by atoms with van der Waals surface area (Å²) in [7, 11) is 1.37. The molecule has 1 amide bonds. The van der Waals surface area contributed by atoms with Gasteiger partial charge in [0.1, 0.15) is 16.6 Å². The Bertz CT molecular complexity index is 1250. The first-order valence-electron chi connectivity index (χ1n) is 10.7. The Morgan fingerprint density at radius 1 is 1.28 bits per heavy atom. The number of nitrogens with zero attached hydrogens (tertiary/aromatic N) is 4. The Morgan fingerprint density at radius 3 is 2.81 bits per heavy atom. The van der Waals surface area contributed by atoms with Crippen molar-refractivity contribution in [3.8, 4) is 6.07 Å². The number of hydrogen-bond acceptors (Lipinski definition) is 7. The zero-order valence-corrected chi connectivity index (χ0v) is 19.3. The average molecular weight is 452 g/mol. The quantitative estimate of drug-likeness (QED) is 0.465. The van der Waals surface area contributed by atoms with Crippen LogP contribution in [-0.4, -0.2) is 33.6 Å². The molecule has 9 heteroatoms. The van der Waals surface area contributed by atoms with Crippen molar-refractivity contribution in [2.24, 2.45) is 0 Å². The number of carbonyl (C=O) groups excluding carboxylic acids is 2. The van der Waals surface area contributed by atoms with Gasteiger partial charge in [0.2, 0.25) is 5.91 Å². The van der Waals surface area contributed by atoms with E-state index in [1.165, 1.54) is 29.5 Å². The van der Waals surface area contributed by atoms with Gasteiger partial charge in [0, 0.05) is 22.7 Å². The van der Waals surface area contributed by atoms with Gasteiger partial charge in [-0.25, -0.2) is 14.3 Å². The number of thiophene rings is 1. The van der Waals surface area contributed by atoms with Crippen LogP contribution in [0.5, 0.6) is 0 Å². The number of esters is 1. The molecule has 0 saturated heterocycles. The number of fused-ring (bicyclic) bond motifs is 2. The van der Waals surface area contributed by atoms with Gasteiger partial charge >= 0.3 is 5.97 Å². The summed E-state index contributed by atoms with van der Waals surface area (Å²) < 4.78 is 6.66. The third kappa shape index (κ3) is 3.98. The van der Waals surface area contributed by atoms with E-state index in [1.807, 2.05) is 13.8 Å². The molecule has 1 aliphatic carbocycles. The molecule has 1 N–H and O–H groups in total. The van der Waals surface area contributed by atoms with Crippen LogP contribution in [-0.2, 0) is 28.8 Å². The van der Waals surface area contributed by atoms with E-state index in [2.05, 4.69) is 21.5 Å². The zero-order valence-electron chi connectivity index (χ0n) is 18.4. The predicted octanol–water partition coefficient (Wildman–Crippen LogP) is 3.91. The molecule has 0 bridgehead atoms. The highest BCUT2D eigenvalue weighted by Gasteiger charge is 2.26. The molecule has 0 atom stereocenters. The molecule has 1 aliphatic rings. The van der Waals surface area contributed by atoms with Crippen molar-refractivity contribution >= 4 is 33.9 Å². The minimum absolute atomic E-state index is 0.163. The van der Waals surface area contributed by atoms with Crippen molar-refractivity contribution in [3.63, 3.8) is 0 Å². The molecule has 32 heavy (non-hydrogen) atoms. The summed E-state index contributed by atoms with van der Waals surface area (Å²) in [4.78, 5) is 31.0. The molecule has 8 nitrogen and oxygen atoms in total. The van der Waals surface area contributed by atoms with Crippen LogP contribution in [0.4, 0.5) is 5.00 Å². The first-order chi connectivity index (χ1) is 15.4. The first kappa shape index (κ1) is 22.0. The molecule has 0 saturated carbocycles. The number of nitrogens with one attached hydrogen (secondary N) is 1. The Labute approximate surface area is 190 Å². The second kappa shape index (κ2) is 9.09. The Morgan fingerprint density at radius 2 is 2.06 bits per heavy atom. The zero-order chi connectivity index (χ0) is 22.8. The monoisotopic (exact) mass is 451 g/mol. The van der Waals surface area contributed by atoms with Crippen LogP contribution in [0.3, 0.4) is 0 Å². The van der Waals surface area contributed by atoms with Gasteiger partial charge in [0.05, 0.1) is 18.9 Å². The lowest BCUT2D eigenvalue weighted by molar-refractivity contribution is -0.116. The minimum Gasteiger partial charge on any atom is -0.465 e. The standard InChI is InChI=1S/C23H25N5O3S/c1-13-16(14(2)28-21(26-13)15(11-24)12-25-28)9-10-19(29)27-22-20(23(30)31-3)17-7-5-4-6-8-18(17)32-22/h12H,4-10H2,1-3H3,(H,27,29). The topological polar surface area (TPSA) is 109 Å². The van der Waals surface area contributed by atoms with Crippen LogP contribution < -0.4 is 5.32 Å². The Hall–Kier alpha value is -3.25. The van der Waals surface area contributed by atoms with E-state index in [1.54, 1.807) is 4.52 Å². The summed E-state index contributed by atoms with van der Waals surface area (Å²) in [6, 6.07) is 2.10. The van der Waals surface area contributed by atoms with E-state index >= 15 is 0 Å². The van der Waals surface area contributed by atoms with E-state index in [0.717, 1.165) is 54.6 Å². The maximum absolute atomic E-state index is 12.8. The molecule has 0 radical (unpaired) electrons. The van der Waals surface area contributed by atoms with Gasteiger partial charge in [0.25, 0.3) is 0 Å². The van der Waals surface area contributed by atoms with Crippen molar-refractivity contribution in [2.75, 3.05) is 12.4 Å². The maximum Gasteiger partial charge on any atom is 0.341 e. The lowest BCUT2D eigenvalue weighted by Crippen LogP contribution is -2.16. The van der Waals surface area contributed by atoms with Crippen LogP contribution in [0.1, 0.15) is 69.0 Å². The molecular weight excluding hydrogens is 426 g/mol. The number of hydrogen-bond donors (Lipinski definition) is 1. The smallest absolute Gasteiger partial charge is 0.341 e. The summed E-state index contributed by atoms with van der Waals surface area (Å²) >= 11 is 1.49. The second-order valence-corrected chi connectivity index (χ2v) is 9.08. The Kier molecular flexibility index (Phi) is 6.24. The SMILES string of the molecule is COC(=O)c1c(NC(=O)CCc2c(C)nc3c(C#N)cnn3c2C)sc2c1CCCCC2. The number of ether oxygens (including phenoxy) is 1. The van der Waals surface area contributed by atoms with Gasteiger partial charge in [-0.05, 0) is 57.1 Å². The number of anilines is 1. The molecule has 3 aromatic rings. The minimum atomic E-state index is -0.395. The third-order valence-electron chi connectivity index (χ3n) is 5.99. The van der Waals surface area contributed by atoms with Crippen LogP contribution in [0.25, 0.3) is 5.65 Å². The van der Waals surface area contributed by atoms with Gasteiger partial charge in [-0.1, -0.05) is 6.42 Å². The summed E-state index contributed by atoms with van der Waals surface area (Å²) in [6.07, 6.45) is 7.26. The predicted molar refractivity (Wildman–Crippen MR) is 121 cm³/mol. The lowest BCUT2D eigenvalue weighted by Gasteiger charge is -2.11. The average Bonchev–Trinajstić information content (AvgIpc) is 3.25. The van der Waals surface area contributed by atoms with E-state index in [0.29, 0.717) is 28.2 Å². The molecule has 166 valence electrons. The third-order valence-corrected chi connectivity index (χ3v) is 7.20. The Balaban J connectivity index is 1.54. The molecule has 0 aliphatic heterocycles. The highest BCUT2D eigenvalue weighted by atomic mass is 32.1. The number of carbonyl (C=O) groups is 2. The maximum atomic E-state index is 12.8. The molecule has 0 aromatic carbocycles. The van der Waals surface area contributed by atoms with Crippen molar-refractivity contribution in [3.05, 3.63) is 44.7 Å². The molecule has 4 rings (SSSR count). The van der Waals surface area contributed by atoms with E-state index in [9.17, 15) is 14.9 Å². The summed E-state index contributed by atoms with van der Waals surface area (Å²) in [5.74, 6) is -0.559. The highest BCUT2D eigenvalue weighted by molar-refractivity contribution is 7.17. The number of amides is 1. The number of methoxy groups -OCH3 is 1. The molecule has 0 fully saturated rings. The van der Waals surface area contributed by atoms with Crippen molar-refractivity contribution in [1.82, 2.24) is 14.6 Å². The van der Waals surface area contributed by atoms with E-state index < -0.39 is 5.97 Å². The van der Waals surface area contributed by atoms with Gasteiger partial charge in [-0.15, -0.1) is 11.3 Å². The normalized spacial score (nSPS) is 13.3. The van der Waals surface area contributed by atoms with Crippen LogP contribution in [0.2, 0.25) is 0 Å². The molecule has 0 unspecified atom stereocenters. The van der Waals surface area contributed by atoms with E-state index in [4.69, 9.17) is 4.74 Å². The molecule has 3 aromatic heterocycles. The number of aryl methyl sites for hydroxylation is 3. The van der Waals surface area contributed by atoms with Gasteiger partial charge in [-0.3, -0.25) is 4.79 Å². The number of nitriles is 1. The fourth-order valence-electron chi connectivity index (χ4n) is 4.33. The summed E-state index contributed by atoms with van der Waals surface area (Å²) in [5.41, 5.74) is 5.06. The van der Waals surface area contributed by atoms with Crippen molar-refractivity contribution < 1.29 is 14.3 Å². The van der Waals surface area contributed by atoms with Crippen LogP contribution in [0.15, 0.2) is 6.20 Å². The lowest BCUT2D eigenvalue weighted by atomic mass is 10.0. The van der Waals surface area contributed by atoms with Gasteiger partial charge in [0.15, 0.2) is 5.65 Å². The number of aromatic nitrogens is 3. The number of rotatable bonds is 5. The highest BCUT2D eigenvalue weighted by Crippen LogP contribution is 2.38. The molecule has 3 heterocycles. The molecular formula is C23H25N5O3S. The second-order valence-electron chi connectivity index (χ2n) is 7.97. The summed E-state index contributed by atoms with van der Waals surface area (Å²) in [5, 5.41) is 17.0.